The van der Waals surface area contributed by atoms with E-state index >= 15 is 4.39 Å². The van der Waals surface area contributed by atoms with Crippen LogP contribution in [0.1, 0.15) is 30.4 Å². The Balaban J connectivity index is 1.53. The summed E-state index contributed by atoms with van der Waals surface area (Å²) in [7, 11) is 1.68. The van der Waals surface area contributed by atoms with Gasteiger partial charge in [-0.05, 0) is 55.3 Å². The summed E-state index contributed by atoms with van der Waals surface area (Å²) in [6.07, 6.45) is 5.02. The fourth-order valence-corrected chi connectivity index (χ4v) is 5.38. The highest BCUT2D eigenvalue weighted by Crippen LogP contribution is 2.51. The van der Waals surface area contributed by atoms with Gasteiger partial charge in [0.25, 0.3) is 0 Å². The van der Waals surface area contributed by atoms with Gasteiger partial charge in [0, 0.05) is 44.4 Å². The molecular weight excluding hydrogens is 471 g/mol. The second-order valence-corrected chi connectivity index (χ2v) is 9.81. The Kier molecular flexibility index (Phi) is 6.42. The number of hydrogen-bond donors (Lipinski definition) is 2. The number of pyridine rings is 1. The molecule has 1 aliphatic carbocycles. The predicted molar refractivity (Wildman–Crippen MR) is 132 cm³/mol. The standard InChI is InChI=1S/C26H28ClFN4O3/c1-31-12-13-32(25(31)34)24-21(28)14-17(20-4-2-3-5-22(20)33)15-26(24,27)18-6-7-23(30-16-18)35-19-8-10-29-11-9-19/h2-7,14,16,19,29,33H,8-13,15H2,1H3. The van der Waals surface area contributed by atoms with Gasteiger partial charge < -0.3 is 20.1 Å². The third kappa shape index (κ3) is 4.48. The maximum Gasteiger partial charge on any atom is 0.324 e. The first-order valence-corrected chi connectivity index (χ1v) is 12.2. The molecule has 2 fully saturated rings. The Morgan fingerprint density at radius 1 is 1.20 bits per heavy atom. The molecule has 0 bridgehead atoms. The fraction of sp³-hybridized carbons (Fsp3) is 0.385. The van der Waals surface area contributed by atoms with Gasteiger partial charge in [-0.25, -0.2) is 14.2 Å². The molecule has 0 saturated carbocycles. The van der Waals surface area contributed by atoms with Gasteiger partial charge >= 0.3 is 6.03 Å². The molecule has 7 nitrogen and oxygen atoms in total. The number of piperidine rings is 1. The lowest BCUT2D eigenvalue weighted by atomic mass is 9.81. The average molecular weight is 499 g/mol. The number of halogens is 2. The zero-order chi connectivity index (χ0) is 24.6. The van der Waals surface area contributed by atoms with Crippen molar-refractivity contribution in [2.24, 2.45) is 0 Å². The number of benzene rings is 1. The fourth-order valence-electron chi connectivity index (χ4n) is 4.93. The minimum atomic E-state index is -1.41. The molecular formula is C26H28ClFN4O3. The highest BCUT2D eigenvalue weighted by atomic mass is 35.5. The topological polar surface area (TPSA) is 77.9 Å². The number of likely N-dealkylation sites (N-methyl/N-ethyl adjacent to an activating group) is 1. The molecule has 2 amide bonds. The van der Waals surface area contributed by atoms with E-state index in [-0.39, 0.29) is 30.0 Å². The van der Waals surface area contributed by atoms with Crippen molar-refractivity contribution >= 4 is 23.2 Å². The summed E-state index contributed by atoms with van der Waals surface area (Å²) in [6.45, 7) is 2.61. The molecule has 35 heavy (non-hydrogen) atoms. The van der Waals surface area contributed by atoms with Gasteiger partial charge in [0.15, 0.2) is 0 Å². The third-order valence-electron chi connectivity index (χ3n) is 6.84. The van der Waals surface area contributed by atoms with Crippen LogP contribution >= 0.6 is 11.6 Å². The number of phenolic OH excluding ortho intramolecular Hbond substituents is 1. The van der Waals surface area contributed by atoms with Crippen molar-refractivity contribution in [3.05, 3.63) is 71.3 Å². The summed E-state index contributed by atoms with van der Waals surface area (Å²) in [6, 6.07) is 9.97. The molecule has 1 aromatic carbocycles. The van der Waals surface area contributed by atoms with Crippen LogP contribution in [0.2, 0.25) is 0 Å². The number of hydrogen-bond acceptors (Lipinski definition) is 5. The van der Waals surface area contributed by atoms with E-state index in [2.05, 4.69) is 10.3 Å². The Hall–Kier alpha value is -3.10. The molecule has 9 heteroatoms. The number of nitrogens with zero attached hydrogens (tertiary/aromatic N) is 3. The van der Waals surface area contributed by atoms with Crippen LogP contribution in [0.4, 0.5) is 9.18 Å². The monoisotopic (exact) mass is 498 g/mol. The molecule has 2 N–H and O–H groups in total. The van der Waals surface area contributed by atoms with Crippen molar-refractivity contribution in [1.29, 1.82) is 0 Å². The molecule has 184 valence electrons. The van der Waals surface area contributed by atoms with Gasteiger partial charge in [0.05, 0.1) is 5.70 Å². The van der Waals surface area contributed by atoms with E-state index in [0.717, 1.165) is 25.9 Å². The summed E-state index contributed by atoms with van der Waals surface area (Å²) in [4.78, 5) is 18.8. The van der Waals surface area contributed by atoms with E-state index in [1.807, 2.05) is 0 Å². The molecule has 2 aliphatic heterocycles. The van der Waals surface area contributed by atoms with E-state index in [1.165, 1.54) is 15.9 Å². The number of alkyl halides is 1. The first kappa shape index (κ1) is 23.6. The zero-order valence-corrected chi connectivity index (χ0v) is 20.3. The number of para-hydroxylation sites is 1. The van der Waals surface area contributed by atoms with Gasteiger partial charge in [0.2, 0.25) is 5.88 Å². The number of amides is 2. The molecule has 1 unspecified atom stereocenters. The first-order valence-electron chi connectivity index (χ1n) is 11.8. The van der Waals surface area contributed by atoms with Gasteiger partial charge in [-0.1, -0.05) is 18.2 Å². The maximum atomic E-state index is 15.8. The van der Waals surface area contributed by atoms with E-state index in [1.54, 1.807) is 49.6 Å². The van der Waals surface area contributed by atoms with Crippen LogP contribution in [-0.2, 0) is 4.87 Å². The highest BCUT2D eigenvalue weighted by Gasteiger charge is 2.47. The number of nitrogens with one attached hydrogen (secondary N) is 1. The lowest BCUT2D eigenvalue weighted by Crippen LogP contribution is -2.39. The van der Waals surface area contributed by atoms with Crippen LogP contribution in [0.5, 0.6) is 11.6 Å². The SMILES string of the molecule is CN1CCN(C2=C(F)C=C(c3ccccc3O)CC2(Cl)c2ccc(OC3CCNCC3)nc2)C1=O. The molecule has 2 saturated heterocycles. The minimum Gasteiger partial charge on any atom is -0.507 e. The number of aromatic nitrogens is 1. The summed E-state index contributed by atoms with van der Waals surface area (Å²) < 4.78 is 21.8. The molecule has 1 aromatic heterocycles. The quantitative estimate of drug-likeness (QED) is 0.598. The largest absolute Gasteiger partial charge is 0.507 e. The van der Waals surface area contributed by atoms with Gasteiger partial charge in [-0.15, -0.1) is 11.6 Å². The summed E-state index contributed by atoms with van der Waals surface area (Å²) >= 11 is 7.27. The second-order valence-electron chi connectivity index (χ2n) is 9.17. The van der Waals surface area contributed by atoms with Crippen LogP contribution in [0.25, 0.3) is 5.57 Å². The summed E-state index contributed by atoms with van der Waals surface area (Å²) in [5.74, 6) is -0.0887. The van der Waals surface area contributed by atoms with Crippen molar-refractivity contribution in [1.82, 2.24) is 20.1 Å². The molecule has 1 atom stereocenters. The number of rotatable bonds is 5. The van der Waals surface area contributed by atoms with Crippen molar-refractivity contribution in [2.45, 2.75) is 30.2 Å². The molecule has 2 aromatic rings. The van der Waals surface area contributed by atoms with Crippen LogP contribution in [0.3, 0.4) is 0 Å². The Morgan fingerprint density at radius 2 is 1.97 bits per heavy atom. The van der Waals surface area contributed by atoms with Crippen molar-refractivity contribution in [3.63, 3.8) is 0 Å². The predicted octanol–water partition coefficient (Wildman–Crippen LogP) is 4.39. The number of allylic oxidation sites excluding steroid dienone is 4. The van der Waals surface area contributed by atoms with Crippen molar-refractivity contribution in [3.8, 4) is 11.6 Å². The van der Waals surface area contributed by atoms with Crippen molar-refractivity contribution < 1.29 is 19.0 Å². The number of carbonyl (C=O) groups is 1. The average Bonchev–Trinajstić information content (AvgIpc) is 3.18. The number of ether oxygens (including phenoxy) is 1. The Bertz CT molecular complexity index is 1180. The van der Waals surface area contributed by atoms with Crippen LogP contribution in [-0.4, -0.2) is 65.3 Å². The molecule has 0 radical (unpaired) electrons. The summed E-state index contributed by atoms with van der Waals surface area (Å²) in [5.41, 5.74) is 1.68. The summed E-state index contributed by atoms with van der Waals surface area (Å²) in [5, 5.41) is 13.7. The van der Waals surface area contributed by atoms with Crippen molar-refractivity contribution in [2.75, 3.05) is 33.2 Å². The highest BCUT2D eigenvalue weighted by molar-refractivity contribution is 6.27. The minimum absolute atomic E-state index is 0.0369. The molecule has 3 heterocycles. The molecule has 5 rings (SSSR count). The van der Waals surface area contributed by atoms with E-state index in [4.69, 9.17) is 16.3 Å². The third-order valence-corrected chi connectivity index (χ3v) is 7.37. The normalized spacial score (nSPS) is 23.6. The number of aromatic hydroxyl groups is 1. The number of urea groups is 1. The Morgan fingerprint density at radius 3 is 2.63 bits per heavy atom. The zero-order valence-electron chi connectivity index (χ0n) is 19.5. The first-order chi connectivity index (χ1) is 16.9. The van der Waals surface area contributed by atoms with E-state index < -0.39 is 10.7 Å². The Labute approximate surface area is 208 Å². The van der Waals surface area contributed by atoms with E-state index in [0.29, 0.717) is 35.7 Å². The van der Waals surface area contributed by atoms with Gasteiger partial charge in [-0.3, -0.25) is 4.90 Å². The van der Waals surface area contributed by atoms with E-state index in [9.17, 15) is 9.90 Å². The number of phenols is 1. The van der Waals surface area contributed by atoms with Gasteiger partial charge in [-0.2, -0.15) is 0 Å². The second kappa shape index (κ2) is 9.51. The number of carbonyl (C=O) groups excluding carboxylic acids is 1. The lowest BCUT2D eigenvalue weighted by Gasteiger charge is -2.38. The maximum absolute atomic E-state index is 15.8. The lowest BCUT2D eigenvalue weighted by molar-refractivity contribution is 0.156. The molecule has 0 spiro atoms. The van der Waals surface area contributed by atoms with Crippen LogP contribution < -0.4 is 10.1 Å². The van der Waals surface area contributed by atoms with Crippen LogP contribution in [0.15, 0.2) is 60.2 Å². The van der Waals surface area contributed by atoms with Crippen LogP contribution in [0, 0.1) is 0 Å². The molecule has 3 aliphatic rings. The van der Waals surface area contributed by atoms with Gasteiger partial charge in [0.1, 0.15) is 22.6 Å². The smallest absolute Gasteiger partial charge is 0.324 e.